The van der Waals surface area contributed by atoms with E-state index in [4.69, 9.17) is 0 Å². The van der Waals surface area contributed by atoms with E-state index in [0.29, 0.717) is 5.92 Å². The van der Waals surface area contributed by atoms with Crippen LogP contribution in [-0.4, -0.2) is 12.8 Å². The van der Waals surface area contributed by atoms with Gasteiger partial charge in [-0.3, -0.25) is 4.99 Å². The normalized spacial score (nSPS) is 14.6. The van der Waals surface area contributed by atoms with Crippen LogP contribution in [0.3, 0.4) is 0 Å². The Balaban J connectivity index is 4.17. The van der Waals surface area contributed by atoms with Crippen molar-refractivity contribution in [2.75, 3.05) is 7.05 Å². The average Bonchev–Trinajstić information content (AvgIpc) is 1.87. The molecule has 1 heteroatoms. The van der Waals surface area contributed by atoms with Crippen molar-refractivity contribution in [1.82, 2.24) is 0 Å². The molecule has 0 bridgehead atoms. The second kappa shape index (κ2) is 4.26. The van der Waals surface area contributed by atoms with E-state index in [1.54, 1.807) is 0 Å². The van der Waals surface area contributed by atoms with E-state index in [-0.39, 0.29) is 0 Å². The number of allylic oxidation sites excluding steroid dienone is 2. The first-order chi connectivity index (χ1) is 4.57. The van der Waals surface area contributed by atoms with E-state index in [9.17, 15) is 0 Å². The summed E-state index contributed by atoms with van der Waals surface area (Å²) in [6.45, 7) is 8.54. The zero-order chi connectivity index (χ0) is 8.15. The van der Waals surface area contributed by atoms with Gasteiger partial charge in [0.2, 0.25) is 0 Å². The standard InChI is InChI=1S/C9H17N/c1-7(2)8(3)6-9(4)10-5/h6-7H,1-5H3/b8-6+,10-9?. The molecule has 0 rings (SSSR count). The van der Waals surface area contributed by atoms with Gasteiger partial charge in [-0.15, -0.1) is 0 Å². The third kappa shape index (κ3) is 3.44. The Morgan fingerprint density at radius 3 is 2.10 bits per heavy atom. The number of hydrogen-bond donors (Lipinski definition) is 0. The van der Waals surface area contributed by atoms with Crippen LogP contribution in [0.15, 0.2) is 16.6 Å². The minimum atomic E-state index is 0.636. The van der Waals surface area contributed by atoms with Crippen LogP contribution >= 0.6 is 0 Å². The Labute approximate surface area is 63.9 Å². The second-order valence-electron chi connectivity index (χ2n) is 2.91. The highest BCUT2D eigenvalue weighted by Gasteiger charge is 1.94. The first-order valence-corrected chi connectivity index (χ1v) is 3.69. The maximum Gasteiger partial charge on any atom is 0.0313 e. The molecule has 0 saturated carbocycles. The number of rotatable bonds is 2. The molecule has 0 radical (unpaired) electrons. The zero-order valence-corrected chi connectivity index (χ0v) is 7.60. The van der Waals surface area contributed by atoms with Gasteiger partial charge >= 0.3 is 0 Å². The van der Waals surface area contributed by atoms with Crippen LogP contribution in [0.4, 0.5) is 0 Å². The predicted octanol–water partition coefficient (Wildman–Crippen LogP) is 2.68. The van der Waals surface area contributed by atoms with Crippen molar-refractivity contribution in [3.05, 3.63) is 11.6 Å². The Morgan fingerprint density at radius 1 is 1.30 bits per heavy atom. The molecule has 0 atom stereocenters. The molecule has 0 spiro atoms. The van der Waals surface area contributed by atoms with Gasteiger partial charge in [0.05, 0.1) is 0 Å². The lowest BCUT2D eigenvalue weighted by Crippen LogP contribution is -1.93. The van der Waals surface area contributed by atoms with Gasteiger partial charge in [-0.1, -0.05) is 19.4 Å². The van der Waals surface area contributed by atoms with E-state index < -0.39 is 0 Å². The van der Waals surface area contributed by atoms with Gasteiger partial charge in [-0.05, 0) is 25.8 Å². The smallest absolute Gasteiger partial charge is 0.0313 e. The molecule has 0 aliphatic rings. The molecule has 0 unspecified atom stereocenters. The molecule has 0 aromatic heterocycles. The third-order valence-electron chi connectivity index (χ3n) is 1.70. The Hall–Kier alpha value is -0.590. The molecule has 0 aliphatic carbocycles. The maximum atomic E-state index is 4.05. The summed E-state index contributed by atoms with van der Waals surface area (Å²) in [5, 5.41) is 0. The van der Waals surface area contributed by atoms with E-state index in [1.807, 2.05) is 14.0 Å². The summed E-state index contributed by atoms with van der Waals surface area (Å²) in [5.41, 5.74) is 2.49. The summed E-state index contributed by atoms with van der Waals surface area (Å²) < 4.78 is 0. The van der Waals surface area contributed by atoms with E-state index in [1.165, 1.54) is 5.57 Å². The summed E-state index contributed by atoms with van der Waals surface area (Å²) >= 11 is 0. The maximum absolute atomic E-state index is 4.05. The molecule has 10 heavy (non-hydrogen) atoms. The summed E-state index contributed by atoms with van der Waals surface area (Å²) in [4.78, 5) is 4.05. The SMILES string of the molecule is CN=C(C)/C=C(\C)C(C)C. The predicted molar refractivity (Wildman–Crippen MR) is 47.6 cm³/mol. The number of hydrogen-bond acceptors (Lipinski definition) is 1. The molecular formula is C9H17N. The van der Waals surface area contributed by atoms with E-state index >= 15 is 0 Å². The summed E-state index contributed by atoms with van der Waals surface area (Å²) in [6.07, 6.45) is 2.13. The van der Waals surface area contributed by atoms with Crippen LogP contribution in [0.5, 0.6) is 0 Å². The van der Waals surface area contributed by atoms with Crippen LogP contribution < -0.4 is 0 Å². The topological polar surface area (TPSA) is 12.4 Å². The lowest BCUT2D eigenvalue weighted by molar-refractivity contribution is 0.770. The van der Waals surface area contributed by atoms with Crippen molar-refractivity contribution in [3.63, 3.8) is 0 Å². The highest BCUT2D eigenvalue weighted by Crippen LogP contribution is 2.07. The van der Waals surface area contributed by atoms with Crippen molar-refractivity contribution in [2.45, 2.75) is 27.7 Å². The Morgan fingerprint density at radius 2 is 1.80 bits per heavy atom. The van der Waals surface area contributed by atoms with Crippen molar-refractivity contribution >= 4 is 5.71 Å². The summed E-state index contributed by atoms with van der Waals surface area (Å²) in [6, 6.07) is 0. The molecule has 0 fully saturated rings. The zero-order valence-electron chi connectivity index (χ0n) is 7.60. The monoisotopic (exact) mass is 139 g/mol. The first-order valence-electron chi connectivity index (χ1n) is 3.69. The minimum absolute atomic E-state index is 0.636. The molecule has 0 aromatic rings. The lowest BCUT2D eigenvalue weighted by Gasteiger charge is -2.03. The van der Waals surface area contributed by atoms with Crippen LogP contribution in [-0.2, 0) is 0 Å². The van der Waals surface area contributed by atoms with Crippen LogP contribution in [0.1, 0.15) is 27.7 Å². The van der Waals surface area contributed by atoms with Gasteiger partial charge < -0.3 is 0 Å². The molecule has 58 valence electrons. The fraction of sp³-hybridized carbons (Fsp3) is 0.667. The van der Waals surface area contributed by atoms with Gasteiger partial charge in [0.15, 0.2) is 0 Å². The van der Waals surface area contributed by atoms with Crippen molar-refractivity contribution < 1.29 is 0 Å². The molecule has 0 heterocycles. The van der Waals surface area contributed by atoms with Crippen LogP contribution in [0.25, 0.3) is 0 Å². The van der Waals surface area contributed by atoms with Crippen molar-refractivity contribution in [3.8, 4) is 0 Å². The van der Waals surface area contributed by atoms with Gasteiger partial charge in [-0.25, -0.2) is 0 Å². The van der Waals surface area contributed by atoms with Crippen molar-refractivity contribution in [2.24, 2.45) is 10.9 Å². The summed E-state index contributed by atoms with van der Waals surface area (Å²) in [7, 11) is 1.82. The quantitative estimate of drug-likeness (QED) is 0.521. The largest absolute Gasteiger partial charge is 0.293 e. The van der Waals surface area contributed by atoms with Gasteiger partial charge in [0.25, 0.3) is 0 Å². The minimum Gasteiger partial charge on any atom is -0.293 e. The molecule has 0 aliphatic heterocycles. The summed E-state index contributed by atoms with van der Waals surface area (Å²) in [5.74, 6) is 0.636. The lowest BCUT2D eigenvalue weighted by atomic mass is 10.0. The van der Waals surface area contributed by atoms with E-state index in [2.05, 4.69) is 31.8 Å². The highest BCUT2D eigenvalue weighted by molar-refractivity contribution is 5.93. The van der Waals surface area contributed by atoms with Gasteiger partial charge in [0.1, 0.15) is 0 Å². The molecule has 0 N–H and O–H groups in total. The Bertz CT molecular complexity index is 152. The van der Waals surface area contributed by atoms with Crippen LogP contribution in [0, 0.1) is 5.92 Å². The highest BCUT2D eigenvalue weighted by atomic mass is 14.7. The van der Waals surface area contributed by atoms with Gasteiger partial charge in [0, 0.05) is 12.8 Å². The fourth-order valence-corrected chi connectivity index (χ4v) is 0.561. The number of nitrogens with zero attached hydrogens (tertiary/aromatic N) is 1. The molecule has 0 amide bonds. The van der Waals surface area contributed by atoms with Crippen molar-refractivity contribution in [1.29, 1.82) is 0 Å². The van der Waals surface area contributed by atoms with Crippen LogP contribution in [0.2, 0.25) is 0 Å². The fourth-order valence-electron chi connectivity index (χ4n) is 0.561. The number of aliphatic imine (C=N–C) groups is 1. The van der Waals surface area contributed by atoms with E-state index in [0.717, 1.165) is 5.71 Å². The molecule has 0 saturated heterocycles. The van der Waals surface area contributed by atoms with Gasteiger partial charge in [-0.2, -0.15) is 0 Å². The average molecular weight is 139 g/mol. The third-order valence-corrected chi connectivity index (χ3v) is 1.70. The first kappa shape index (κ1) is 9.41. The Kier molecular flexibility index (Phi) is 4.01. The molecular weight excluding hydrogens is 122 g/mol. The molecule has 0 aromatic carbocycles. The molecule has 1 nitrogen and oxygen atoms in total. The second-order valence-corrected chi connectivity index (χ2v) is 2.91.